The van der Waals surface area contributed by atoms with Gasteiger partial charge in [0.2, 0.25) is 0 Å². The molecule has 1 aliphatic rings. The summed E-state index contributed by atoms with van der Waals surface area (Å²) in [7, 11) is -2.71. The maximum absolute atomic E-state index is 11.1. The van der Waals surface area contributed by atoms with Gasteiger partial charge in [-0.15, -0.1) is 0 Å². The zero-order valence-corrected chi connectivity index (χ0v) is 20.0. The van der Waals surface area contributed by atoms with Crippen molar-refractivity contribution in [2.45, 2.75) is 57.7 Å². The molecule has 6 nitrogen and oxygen atoms in total. The number of carbonyl (C=O) groups excluding carboxylic acids is 1. The molecule has 168 valence electrons. The monoisotopic (exact) mass is 443 g/mol. The van der Waals surface area contributed by atoms with Crippen LogP contribution in [-0.2, 0) is 18.6 Å². The second-order valence-corrected chi connectivity index (χ2v) is 13.6. The molecule has 1 heterocycles. The van der Waals surface area contributed by atoms with Gasteiger partial charge in [0, 0.05) is 0 Å². The van der Waals surface area contributed by atoms with E-state index in [4.69, 9.17) is 24.4 Å². The first-order valence-corrected chi connectivity index (χ1v) is 12.5. The minimum Gasteiger partial charge on any atom is -0.447 e. The number of rotatable bonds is 7. The SMILES string of the molecule is CC1(C)O[C@@H](COC(N)=O)[C@H](CO[Si](c2ccccc2)(c2ccccc2)C(C)(C)C)O1. The average Bonchev–Trinajstić information content (AvgIpc) is 3.01. The molecule has 3 rings (SSSR count). The summed E-state index contributed by atoms with van der Waals surface area (Å²) in [5.74, 6) is -0.800. The molecule has 31 heavy (non-hydrogen) atoms. The van der Waals surface area contributed by atoms with Crippen molar-refractivity contribution in [1.29, 1.82) is 0 Å². The van der Waals surface area contributed by atoms with Crippen molar-refractivity contribution >= 4 is 24.8 Å². The van der Waals surface area contributed by atoms with Crippen LogP contribution < -0.4 is 16.1 Å². The fraction of sp³-hybridized carbons (Fsp3) is 0.458. The number of carbonyl (C=O) groups is 1. The molecule has 0 bridgehead atoms. The zero-order valence-electron chi connectivity index (χ0n) is 19.0. The second kappa shape index (κ2) is 9.12. The van der Waals surface area contributed by atoms with Gasteiger partial charge < -0.3 is 24.4 Å². The molecule has 1 aliphatic heterocycles. The lowest BCUT2D eigenvalue weighted by Crippen LogP contribution is -2.67. The number of primary amides is 1. The highest BCUT2D eigenvalue weighted by Crippen LogP contribution is 2.38. The molecular weight excluding hydrogens is 410 g/mol. The molecule has 2 aromatic carbocycles. The van der Waals surface area contributed by atoms with Crippen LogP contribution >= 0.6 is 0 Å². The molecule has 0 aromatic heterocycles. The number of hydrogen-bond acceptors (Lipinski definition) is 5. The second-order valence-electron chi connectivity index (χ2n) is 9.32. The van der Waals surface area contributed by atoms with E-state index in [0.717, 1.165) is 0 Å². The summed E-state index contributed by atoms with van der Waals surface area (Å²) in [6.45, 7) is 10.7. The van der Waals surface area contributed by atoms with Crippen LogP contribution in [0.15, 0.2) is 60.7 Å². The smallest absolute Gasteiger partial charge is 0.404 e. The normalized spacial score (nSPS) is 21.1. The molecule has 0 saturated carbocycles. The third-order valence-corrected chi connectivity index (χ3v) is 10.6. The van der Waals surface area contributed by atoms with E-state index in [0.29, 0.717) is 6.61 Å². The summed E-state index contributed by atoms with van der Waals surface area (Å²) in [5, 5.41) is 2.23. The van der Waals surface area contributed by atoms with Gasteiger partial charge in [-0.2, -0.15) is 0 Å². The Balaban J connectivity index is 1.96. The molecule has 0 aliphatic carbocycles. The van der Waals surface area contributed by atoms with Crippen LogP contribution in [0.25, 0.3) is 0 Å². The van der Waals surface area contributed by atoms with Gasteiger partial charge in [0.15, 0.2) is 5.79 Å². The Labute approximate surface area is 185 Å². The Morgan fingerprint density at radius 3 is 1.81 bits per heavy atom. The Bertz CT molecular complexity index is 827. The molecule has 1 amide bonds. The summed E-state index contributed by atoms with van der Waals surface area (Å²) in [4.78, 5) is 11.1. The van der Waals surface area contributed by atoms with Gasteiger partial charge in [0.1, 0.15) is 18.8 Å². The highest BCUT2D eigenvalue weighted by atomic mass is 28.4. The van der Waals surface area contributed by atoms with E-state index in [1.165, 1.54) is 10.4 Å². The highest BCUT2D eigenvalue weighted by Gasteiger charge is 2.52. The summed E-state index contributed by atoms with van der Waals surface area (Å²) in [5.41, 5.74) is 5.15. The van der Waals surface area contributed by atoms with E-state index < -0.39 is 32.4 Å². The van der Waals surface area contributed by atoms with Crippen molar-refractivity contribution in [3.05, 3.63) is 60.7 Å². The van der Waals surface area contributed by atoms with Gasteiger partial charge in [0.05, 0.1) is 6.61 Å². The minimum atomic E-state index is -2.71. The van der Waals surface area contributed by atoms with Gasteiger partial charge in [0.25, 0.3) is 8.32 Å². The first-order chi connectivity index (χ1) is 14.6. The molecule has 0 radical (unpaired) electrons. The number of amides is 1. The topological polar surface area (TPSA) is 80.0 Å². The first-order valence-electron chi connectivity index (χ1n) is 10.6. The third-order valence-electron chi connectivity index (χ3n) is 5.56. The molecule has 1 fully saturated rings. The predicted molar refractivity (Wildman–Crippen MR) is 123 cm³/mol. The lowest BCUT2D eigenvalue weighted by molar-refractivity contribution is -0.151. The fourth-order valence-electron chi connectivity index (χ4n) is 4.32. The van der Waals surface area contributed by atoms with Gasteiger partial charge in [-0.05, 0) is 29.3 Å². The van der Waals surface area contributed by atoms with Crippen LogP contribution in [-0.4, -0.2) is 45.6 Å². The average molecular weight is 444 g/mol. The molecule has 0 spiro atoms. The van der Waals surface area contributed by atoms with Gasteiger partial charge >= 0.3 is 6.09 Å². The molecule has 2 N–H and O–H groups in total. The summed E-state index contributed by atoms with van der Waals surface area (Å²) >= 11 is 0. The van der Waals surface area contributed by atoms with E-state index >= 15 is 0 Å². The van der Waals surface area contributed by atoms with Crippen molar-refractivity contribution in [2.75, 3.05) is 13.2 Å². The predicted octanol–water partition coefficient (Wildman–Crippen LogP) is 3.18. The van der Waals surface area contributed by atoms with E-state index in [2.05, 4.69) is 69.3 Å². The Morgan fingerprint density at radius 1 is 0.935 bits per heavy atom. The number of ether oxygens (including phenoxy) is 3. The van der Waals surface area contributed by atoms with E-state index in [1.807, 2.05) is 26.0 Å². The van der Waals surface area contributed by atoms with Crippen LogP contribution in [0.5, 0.6) is 0 Å². The zero-order chi connectivity index (χ0) is 22.7. The molecular formula is C24H33NO5Si. The van der Waals surface area contributed by atoms with Crippen molar-refractivity contribution in [3.8, 4) is 0 Å². The molecule has 0 unspecified atom stereocenters. The van der Waals surface area contributed by atoms with Gasteiger partial charge in [-0.1, -0.05) is 81.4 Å². The van der Waals surface area contributed by atoms with E-state index in [9.17, 15) is 4.79 Å². The minimum absolute atomic E-state index is 0.0214. The lowest BCUT2D eigenvalue weighted by atomic mass is 10.2. The maximum Gasteiger partial charge on any atom is 0.404 e. The van der Waals surface area contributed by atoms with Crippen LogP contribution in [0.3, 0.4) is 0 Å². The lowest BCUT2D eigenvalue weighted by Gasteiger charge is -2.43. The molecule has 1 saturated heterocycles. The standard InChI is InChI=1S/C24H33NO5Si/c1-23(2,3)31(18-12-8-6-9-13-18,19-14-10-7-11-15-19)28-17-21-20(16-27-22(25)26)29-24(4,5)30-21/h6-15,20-21H,16-17H2,1-5H3,(H2,25,26)/t20-,21-/m0/s1. The van der Waals surface area contributed by atoms with Crippen molar-refractivity contribution in [2.24, 2.45) is 5.73 Å². The van der Waals surface area contributed by atoms with Crippen LogP contribution in [0.2, 0.25) is 5.04 Å². The van der Waals surface area contributed by atoms with Gasteiger partial charge in [-0.25, -0.2) is 4.79 Å². The highest BCUT2D eigenvalue weighted by molar-refractivity contribution is 6.99. The van der Waals surface area contributed by atoms with Gasteiger partial charge in [-0.3, -0.25) is 0 Å². The fourth-order valence-corrected chi connectivity index (χ4v) is 8.89. The van der Waals surface area contributed by atoms with Crippen LogP contribution in [0.1, 0.15) is 34.6 Å². The number of nitrogens with two attached hydrogens (primary N) is 1. The van der Waals surface area contributed by atoms with Crippen LogP contribution in [0, 0.1) is 0 Å². The maximum atomic E-state index is 11.1. The Morgan fingerprint density at radius 2 is 1.39 bits per heavy atom. The Kier molecular flexibility index (Phi) is 6.91. The number of hydrogen-bond donors (Lipinski definition) is 1. The van der Waals surface area contributed by atoms with Crippen LogP contribution in [0.4, 0.5) is 4.79 Å². The largest absolute Gasteiger partial charge is 0.447 e. The molecule has 2 atom stereocenters. The Hall–Kier alpha value is -2.19. The van der Waals surface area contributed by atoms with Crippen molar-refractivity contribution in [1.82, 2.24) is 0 Å². The van der Waals surface area contributed by atoms with E-state index in [-0.39, 0.29) is 11.6 Å². The molecule has 7 heteroatoms. The summed E-state index contributed by atoms with van der Waals surface area (Å²) < 4.78 is 24.0. The van der Waals surface area contributed by atoms with Crippen molar-refractivity contribution in [3.63, 3.8) is 0 Å². The molecule has 2 aromatic rings. The van der Waals surface area contributed by atoms with E-state index in [1.54, 1.807) is 0 Å². The summed E-state index contributed by atoms with van der Waals surface area (Å²) in [6.07, 6.45) is -1.68. The summed E-state index contributed by atoms with van der Waals surface area (Å²) in [6, 6.07) is 20.8. The quantitative estimate of drug-likeness (QED) is 0.665. The number of benzene rings is 2. The third kappa shape index (κ3) is 5.18. The first kappa shape index (κ1) is 23.5. The van der Waals surface area contributed by atoms with Crippen molar-refractivity contribution < 1.29 is 23.4 Å².